The Morgan fingerprint density at radius 3 is 2.63 bits per heavy atom. The highest BCUT2D eigenvalue weighted by molar-refractivity contribution is 6.12. The highest BCUT2D eigenvalue weighted by atomic mass is 35.5. The van der Waals surface area contributed by atoms with Crippen molar-refractivity contribution in [1.82, 2.24) is 4.90 Å². The van der Waals surface area contributed by atoms with E-state index in [1.165, 1.54) is 12.1 Å². The van der Waals surface area contributed by atoms with E-state index in [1.807, 2.05) is 30.3 Å². The molecule has 2 aromatic rings. The molecule has 0 aliphatic carbocycles. The number of rotatable bonds is 8. The Labute approximate surface area is 180 Å². The summed E-state index contributed by atoms with van der Waals surface area (Å²) in [4.78, 5) is 29.4. The standard InChI is InChI=1S/C21H23N3O5.ClH/c25-21(26)18-9-5-11-23(15-18)12-13-29-22-20(16-6-2-1-3-7-16)17-8-4-10-19(14-17)24(27)28;/h1-4,6-8,10,14,18H,5,9,11-13,15H2,(H,25,26);1H/b22-20-;. The number of aliphatic carboxylic acids is 1. The number of oxime groups is 1. The predicted octanol–water partition coefficient (Wildman–Crippen LogP) is 3.58. The predicted molar refractivity (Wildman–Crippen MR) is 115 cm³/mol. The first kappa shape index (κ1) is 23.3. The Bertz CT molecular complexity index is 891. The number of carboxylic acid groups (broad SMARTS) is 1. The second-order valence-electron chi connectivity index (χ2n) is 6.92. The zero-order valence-electron chi connectivity index (χ0n) is 16.3. The van der Waals surface area contributed by atoms with Crippen molar-refractivity contribution < 1.29 is 19.7 Å². The normalized spacial score (nSPS) is 17.1. The van der Waals surface area contributed by atoms with Crippen LogP contribution in [-0.4, -0.2) is 52.9 Å². The number of non-ortho nitro benzene ring substituents is 1. The van der Waals surface area contributed by atoms with Gasteiger partial charge in [0.1, 0.15) is 12.3 Å². The molecule has 1 saturated heterocycles. The first-order chi connectivity index (χ1) is 14.0. The number of nitro benzene ring substituents is 1. The molecular formula is C21H24ClN3O5. The minimum atomic E-state index is -0.759. The molecule has 0 amide bonds. The largest absolute Gasteiger partial charge is 0.481 e. The molecule has 1 unspecified atom stereocenters. The van der Waals surface area contributed by atoms with Gasteiger partial charge in [-0.25, -0.2) is 0 Å². The fourth-order valence-electron chi connectivity index (χ4n) is 3.38. The average molecular weight is 434 g/mol. The Morgan fingerprint density at radius 1 is 1.20 bits per heavy atom. The molecule has 8 nitrogen and oxygen atoms in total. The van der Waals surface area contributed by atoms with Crippen LogP contribution >= 0.6 is 12.4 Å². The van der Waals surface area contributed by atoms with Crippen molar-refractivity contribution in [3.8, 4) is 0 Å². The molecule has 0 bridgehead atoms. The third kappa shape index (κ3) is 6.27. The number of nitrogens with zero attached hydrogens (tertiary/aromatic N) is 3. The number of nitro groups is 1. The molecule has 1 aliphatic rings. The summed E-state index contributed by atoms with van der Waals surface area (Å²) in [6.07, 6.45) is 1.55. The van der Waals surface area contributed by atoms with E-state index in [0.29, 0.717) is 37.4 Å². The number of benzene rings is 2. The number of halogens is 1. The summed E-state index contributed by atoms with van der Waals surface area (Å²) in [6, 6.07) is 15.6. The molecule has 0 spiro atoms. The van der Waals surface area contributed by atoms with Gasteiger partial charge in [-0.3, -0.25) is 19.8 Å². The van der Waals surface area contributed by atoms with Crippen LogP contribution in [0.4, 0.5) is 5.69 Å². The van der Waals surface area contributed by atoms with Gasteiger partial charge in [-0.05, 0) is 19.4 Å². The smallest absolute Gasteiger partial charge is 0.307 e. The molecule has 1 heterocycles. The summed E-state index contributed by atoms with van der Waals surface area (Å²) in [5, 5.41) is 24.5. The zero-order valence-corrected chi connectivity index (χ0v) is 17.2. The number of carboxylic acids is 1. The van der Waals surface area contributed by atoms with Crippen LogP contribution in [0.5, 0.6) is 0 Å². The maximum Gasteiger partial charge on any atom is 0.307 e. The summed E-state index contributed by atoms with van der Waals surface area (Å²) < 4.78 is 0. The fourth-order valence-corrected chi connectivity index (χ4v) is 3.38. The van der Waals surface area contributed by atoms with Crippen LogP contribution in [0.15, 0.2) is 59.8 Å². The lowest BCUT2D eigenvalue weighted by atomic mass is 9.98. The van der Waals surface area contributed by atoms with Gasteiger partial charge in [0.2, 0.25) is 0 Å². The Hall–Kier alpha value is -2.97. The van der Waals surface area contributed by atoms with Gasteiger partial charge >= 0.3 is 5.97 Å². The van der Waals surface area contributed by atoms with Crippen molar-refractivity contribution in [3.63, 3.8) is 0 Å². The molecule has 30 heavy (non-hydrogen) atoms. The molecule has 1 fully saturated rings. The molecule has 9 heteroatoms. The number of hydrogen-bond donors (Lipinski definition) is 1. The van der Waals surface area contributed by atoms with Crippen LogP contribution in [0, 0.1) is 16.0 Å². The van der Waals surface area contributed by atoms with Crippen molar-refractivity contribution in [3.05, 3.63) is 75.8 Å². The van der Waals surface area contributed by atoms with E-state index in [9.17, 15) is 20.0 Å². The van der Waals surface area contributed by atoms with Gasteiger partial charge in [-0.2, -0.15) is 0 Å². The summed E-state index contributed by atoms with van der Waals surface area (Å²) in [5.74, 6) is -1.09. The van der Waals surface area contributed by atoms with Gasteiger partial charge in [0.15, 0.2) is 0 Å². The van der Waals surface area contributed by atoms with E-state index < -0.39 is 10.9 Å². The topological polar surface area (TPSA) is 105 Å². The van der Waals surface area contributed by atoms with Crippen LogP contribution in [0.25, 0.3) is 0 Å². The van der Waals surface area contributed by atoms with Gasteiger partial charge in [-0.1, -0.05) is 47.6 Å². The van der Waals surface area contributed by atoms with E-state index in [2.05, 4.69) is 10.1 Å². The fraction of sp³-hybridized carbons (Fsp3) is 0.333. The second kappa shape index (κ2) is 11.3. The zero-order chi connectivity index (χ0) is 20.6. The molecule has 1 aliphatic heterocycles. The summed E-state index contributed by atoms with van der Waals surface area (Å²) in [7, 11) is 0. The molecule has 1 atom stereocenters. The van der Waals surface area contributed by atoms with Gasteiger partial charge in [0.25, 0.3) is 5.69 Å². The SMILES string of the molecule is Cl.O=C(O)C1CCCN(CCO/N=C(/c2ccccc2)c2cccc([N+](=O)[O-])c2)C1. The van der Waals surface area contributed by atoms with Crippen molar-refractivity contribution in [1.29, 1.82) is 0 Å². The second-order valence-corrected chi connectivity index (χ2v) is 6.92. The molecule has 1 N–H and O–H groups in total. The molecule has 3 rings (SSSR count). The Morgan fingerprint density at radius 2 is 1.93 bits per heavy atom. The maximum absolute atomic E-state index is 11.2. The first-order valence-electron chi connectivity index (χ1n) is 9.50. The molecular weight excluding hydrogens is 410 g/mol. The number of likely N-dealkylation sites (tertiary alicyclic amines) is 1. The molecule has 0 aromatic heterocycles. The number of piperidine rings is 1. The molecule has 2 aromatic carbocycles. The van der Waals surface area contributed by atoms with Crippen molar-refractivity contribution in [2.24, 2.45) is 11.1 Å². The number of hydrogen-bond acceptors (Lipinski definition) is 6. The highest BCUT2D eigenvalue weighted by Gasteiger charge is 2.25. The van der Waals surface area contributed by atoms with E-state index in [4.69, 9.17) is 4.84 Å². The lowest BCUT2D eigenvalue weighted by molar-refractivity contribution is -0.384. The summed E-state index contributed by atoms with van der Waals surface area (Å²) >= 11 is 0. The summed E-state index contributed by atoms with van der Waals surface area (Å²) in [5.41, 5.74) is 1.88. The van der Waals surface area contributed by atoms with E-state index >= 15 is 0 Å². The third-order valence-electron chi connectivity index (χ3n) is 4.89. The molecule has 160 valence electrons. The maximum atomic E-state index is 11.2. The van der Waals surface area contributed by atoms with Crippen molar-refractivity contribution in [2.75, 3.05) is 26.2 Å². The Kier molecular flexibility index (Phi) is 8.76. The van der Waals surface area contributed by atoms with Gasteiger partial charge < -0.3 is 9.94 Å². The quantitative estimate of drug-likeness (QED) is 0.295. The summed E-state index contributed by atoms with van der Waals surface area (Å²) in [6.45, 7) is 2.23. The lowest BCUT2D eigenvalue weighted by Crippen LogP contribution is -2.40. The van der Waals surface area contributed by atoms with Crippen LogP contribution in [0.1, 0.15) is 24.0 Å². The third-order valence-corrected chi connectivity index (χ3v) is 4.89. The number of carbonyl (C=O) groups is 1. The van der Waals surface area contributed by atoms with Crippen LogP contribution in [0.3, 0.4) is 0 Å². The van der Waals surface area contributed by atoms with Crippen LogP contribution < -0.4 is 0 Å². The van der Waals surface area contributed by atoms with E-state index in [0.717, 1.165) is 18.5 Å². The van der Waals surface area contributed by atoms with Gasteiger partial charge in [-0.15, -0.1) is 12.4 Å². The average Bonchev–Trinajstić information content (AvgIpc) is 2.74. The molecule has 0 saturated carbocycles. The monoisotopic (exact) mass is 433 g/mol. The van der Waals surface area contributed by atoms with Gasteiger partial charge in [0.05, 0.1) is 10.8 Å². The molecule has 0 radical (unpaired) electrons. The van der Waals surface area contributed by atoms with Crippen molar-refractivity contribution in [2.45, 2.75) is 12.8 Å². The first-order valence-corrected chi connectivity index (χ1v) is 9.50. The van der Waals surface area contributed by atoms with E-state index in [-0.39, 0.29) is 24.0 Å². The minimum absolute atomic E-state index is 0. The Balaban J connectivity index is 0.00000320. The van der Waals surface area contributed by atoms with Crippen LogP contribution in [-0.2, 0) is 9.63 Å². The highest BCUT2D eigenvalue weighted by Crippen LogP contribution is 2.18. The van der Waals surface area contributed by atoms with E-state index in [1.54, 1.807) is 12.1 Å². The van der Waals surface area contributed by atoms with Crippen LogP contribution in [0.2, 0.25) is 0 Å². The van der Waals surface area contributed by atoms with Gasteiger partial charge in [0, 0.05) is 36.3 Å². The van der Waals surface area contributed by atoms with Crippen molar-refractivity contribution >= 4 is 29.8 Å². The minimum Gasteiger partial charge on any atom is -0.481 e. The lowest BCUT2D eigenvalue weighted by Gasteiger charge is -2.29.